The number of allylic oxidation sites excluding steroid dienone is 2. The number of aliphatic carboxylic acids is 1. The highest BCUT2D eigenvalue weighted by atomic mass is 16.5. The molecule has 5 atom stereocenters. The Bertz CT molecular complexity index is 666. The summed E-state index contributed by atoms with van der Waals surface area (Å²) >= 11 is 0. The second-order valence-electron chi connectivity index (χ2n) is 8.00. The molecule has 0 aliphatic carbocycles. The number of ether oxygens (including phenoxy) is 1. The van der Waals surface area contributed by atoms with Crippen molar-refractivity contribution < 1.29 is 19.7 Å². The van der Waals surface area contributed by atoms with E-state index < -0.39 is 12.1 Å². The molecule has 2 bridgehead atoms. The molecular formula is C24H32O4. The van der Waals surface area contributed by atoms with E-state index in [9.17, 15) is 9.90 Å². The van der Waals surface area contributed by atoms with Crippen molar-refractivity contribution in [2.45, 2.75) is 69.7 Å². The maximum atomic E-state index is 10.6. The van der Waals surface area contributed by atoms with Gasteiger partial charge < -0.3 is 14.9 Å². The summed E-state index contributed by atoms with van der Waals surface area (Å²) in [5.74, 6) is 0.103. The van der Waals surface area contributed by atoms with Gasteiger partial charge >= 0.3 is 5.97 Å². The maximum Gasteiger partial charge on any atom is 0.303 e. The maximum absolute atomic E-state index is 10.6. The van der Waals surface area contributed by atoms with Crippen LogP contribution in [0.3, 0.4) is 0 Å². The van der Waals surface area contributed by atoms with Crippen LogP contribution < -0.4 is 0 Å². The number of unbranched alkanes of at least 4 members (excludes halogenated alkanes) is 1. The normalized spacial score (nSPS) is 27.8. The number of aliphatic hydroxyl groups is 1. The smallest absolute Gasteiger partial charge is 0.303 e. The molecule has 2 saturated heterocycles. The first kappa shape index (κ1) is 20.8. The van der Waals surface area contributed by atoms with Crippen LogP contribution in [0.2, 0.25) is 0 Å². The van der Waals surface area contributed by atoms with Crippen LogP contribution in [-0.2, 0) is 16.0 Å². The van der Waals surface area contributed by atoms with Crippen LogP contribution in [0.15, 0.2) is 54.6 Å². The molecule has 2 heterocycles. The van der Waals surface area contributed by atoms with Gasteiger partial charge in [-0.3, -0.25) is 4.79 Å². The number of carboxylic acids is 1. The molecule has 0 aromatic heterocycles. The molecule has 152 valence electrons. The number of aliphatic hydroxyl groups excluding tert-OH is 1. The Morgan fingerprint density at radius 1 is 1.18 bits per heavy atom. The third-order valence-corrected chi connectivity index (χ3v) is 5.95. The predicted octanol–water partition coefficient (Wildman–Crippen LogP) is 4.53. The van der Waals surface area contributed by atoms with E-state index >= 15 is 0 Å². The van der Waals surface area contributed by atoms with Crippen molar-refractivity contribution in [2.24, 2.45) is 11.8 Å². The number of hydrogen-bond donors (Lipinski definition) is 2. The van der Waals surface area contributed by atoms with Gasteiger partial charge in [0.1, 0.15) is 0 Å². The third kappa shape index (κ3) is 6.05. The Morgan fingerprint density at radius 3 is 2.75 bits per heavy atom. The monoisotopic (exact) mass is 384 g/mol. The highest BCUT2D eigenvalue weighted by Crippen LogP contribution is 2.45. The molecule has 28 heavy (non-hydrogen) atoms. The number of aryl methyl sites for hydroxylation is 1. The van der Waals surface area contributed by atoms with Crippen LogP contribution in [0.5, 0.6) is 0 Å². The molecule has 0 saturated carbocycles. The van der Waals surface area contributed by atoms with Crippen molar-refractivity contribution in [3.8, 4) is 0 Å². The van der Waals surface area contributed by atoms with E-state index in [2.05, 4.69) is 30.4 Å². The van der Waals surface area contributed by atoms with E-state index in [1.54, 1.807) is 0 Å². The summed E-state index contributed by atoms with van der Waals surface area (Å²) in [6, 6.07) is 10.3. The zero-order chi connectivity index (χ0) is 19.8. The summed E-state index contributed by atoms with van der Waals surface area (Å²) in [6.45, 7) is 0. The van der Waals surface area contributed by atoms with Gasteiger partial charge in [-0.1, -0.05) is 54.6 Å². The van der Waals surface area contributed by atoms with Gasteiger partial charge in [0, 0.05) is 12.3 Å². The fraction of sp³-hybridized carbons (Fsp3) is 0.542. The first-order chi connectivity index (χ1) is 13.6. The zero-order valence-electron chi connectivity index (χ0n) is 16.5. The van der Waals surface area contributed by atoms with Crippen molar-refractivity contribution in [3.63, 3.8) is 0 Å². The van der Waals surface area contributed by atoms with Crippen LogP contribution in [-0.4, -0.2) is 34.5 Å². The van der Waals surface area contributed by atoms with Crippen molar-refractivity contribution >= 4 is 5.97 Å². The van der Waals surface area contributed by atoms with E-state index in [0.29, 0.717) is 24.4 Å². The van der Waals surface area contributed by atoms with Gasteiger partial charge in [-0.2, -0.15) is 0 Å². The standard InChI is InChI=1S/C24H32O4/c25-19(13-12-18-8-4-3-5-9-18)14-15-21-20(22-16-17-23(21)28-22)10-6-1-2-7-11-24(26)27/h1,3-6,8-9,14-15,19-23,25H,2,7,10-13,16-17H2,(H,26,27)/b6-1-,15-14+/t19-,20+,21-,22-,23+/m0/s1. The Labute approximate surface area is 167 Å². The number of carbonyl (C=O) groups is 1. The molecule has 0 spiro atoms. The SMILES string of the molecule is O=C(O)CCC/C=C\C[C@@H]1[C@H](/C=C/[C@@H](O)CCc2ccccc2)[C@H]2CC[C@@H]1O2. The summed E-state index contributed by atoms with van der Waals surface area (Å²) < 4.78 is 6.12. The summed E-state index contributed by atoms with van der Waals surface area (Å²) in [7, 11) is 0. The minimum Gasteiger partial charge on any atom is -0.481 e. The lowest BCUT2D eigenvalue weighted by molar-refractivity contribution is -0.137. The largest absolute Gasteiger partial charge is 0.481 e. The average Bonchev–Trinajstić information content (AvgIpc) is 3.30. The van der Waals surface area contributed by atoms with Crippen LogP contribution >= 0.6 is 0 Å². The van der Waals surface area contributed by atoms with E-state index in [1.807, 2.05) is 24.3 Å². The summed E-state index contributed by atoms with van der Waals surface area (Å²) in [5.41, 5.74) is 1.25. The second kappa shape index (κ2) is 10.6. The fourth-order valence-electron chi connectivity index (χ4n) is 4.44. The lowest BCUT2D eigenvalue weighted by Crippen LogP contribution is -2.25. The first-order valence-corrected chi connectivity index (χ1v) is 10.6. The first-order valence-electron chi connectivity index (χ1n) is 10.6. The van der Waals surface area contributed by atoms with Gasteiger partial charge in [-0.25, -0.2) is 0 Å². The number of rotatable bonds is 11. The van der Waals surface area contributed by atoms with Crippen molar-refractivity contribution in [3.05, 3.63) is 60.2 Å². The van der Waals surface area contributed by atoms with Crippen molar-refractivity contribution in [1.82, 2.24) is 0 Å². The molecule has 0 unspecified atom stereocenters. The average molecular weight is 385 g/mol. The highest BCUT2D eigenvalue weighted by Gasteiger charge is 2.46. The van der Waals surface area contributed by atoms with Crippen LogP contribution in [0.4, 0.5) is 0 Å². The molecule has 2 N–H and O–H groups in total. The van der Waals surface area contributed by atoms with Crippen LogP contribution in [0, 0.1) is 11.8 Å². The highest BCUT2D eigenvalue weighted by molar-refractivity contribution is 5.66. The van der Waals surface area contributed by atoms with E-state index in [0.717, 1.165) is 38.5 Å². The van der Waals surface area contributed by atoms with Crippen molar-refractivity contribution in [1.29, 1.82) is 0 Å². The minimum absolute atomic E-state index is 0.230. The summed E-state index contributed by atoms with van der Waals surface area (Å²) in [4.78, 5) is 10.6. The minimum atomic E-state index is -0.731. The van der Waals surface area contributed by atoms with Crippen LogP contribution in [0.25, 0.3) is 0 Å². The predicted molar refractivity (Wildman–Crippen MR) is 110 cm³/mol. The second-order valence-corrected chi connectivity index (χ2v) is 8.00. The van der Waals surface area contributed by atoms with E-state index in [1.165, 1.54) is 5.56 Å². The van der Waals surface area contributed by atoms with Gasteiger partial charge in [0.2, 0.25) is 0 Å². The van der Waals surface area contributed by atoms with E-state index in [-0.39, 0.29) is 12.5 Å². The Hall–Kier alpha value is -1.91. The molecule has 2 fully saturated rings. The number of hydrogen-bond acceptors (Lipinski definition) is 3. The van der Waals surface area contributed by atoms with Crippen LogP contribution in [0.1, 0.15) is 50.5 Å². The zero-order valence-corrected chi connectivity index (χ0v) is 16.5. The molecule has 2 aliphatic heterocycles. The van der Waals surface area contributed by atoms with Gasteiger partial charge in [0.15, 0.2) is 0 Å². The Morgan fingerprint density at radius 2 is 1.96 bits per heavy atom. The molecule has 4 nitrogen and oxygen atoms in total. The topological polar surface area (TPSA) is 66.8 Å². The van der Waals surface area contributed by atoms with E-state index in [4.69, 9.17) is 9.84 Å². The van der Waals surface area contributed by atoms with Gasteiger partial charge in [-0.05, 0) is 56.4 Å². The van der Waals surface area contributed by atoms with Gasteiger partial charge in [0.25, 0.3) is 0 Å². The number of carboxylic acid groups (broad SMARTS) is 1. The third-order valence-electron chi connectivity index (χ3n) is 5.95. The van der Waals surface area contributed by atoms with Gasteiger partial charge in [0.05, 0.1) is 18.3 Å². The molecule has 2 aliphatic rings. The van der Waals surface area contributed by atoms with Crippen molar-refractivity contribution in [2.75, 3.05) is 0 Å². The lowest BCUT2D eigenvalue weighted by atomic mass is 9.77. The fourth-order valence-corrected chi connectivity index (χ4v) is 4.44. The molecule has 1 aromatic rings. The summed E-state index contributed by atoms with van der Waals surface area (Å²) in [6.07, 6.45) is 15.2. The molecule has 0 radical (unpaired) electrons. The molecule has 4 heteroatoms. The molecular weight excluding hydrogens is 352 g/mol. The summed E-state index contributed by atoms with van der Waals surface area (Å²) in [5, 5.41) is 19.0. The Kier molecular flexibility index (Phi) is 7.87. The number of benzene rings is 1. The lowest BCUT2D eigenvalue weighted by Gasteiger charge is -2.25. The molecule has 3 rings (SSSR count). The molecule has 0 amide bonds. The quantitative estimate of drug-likeness (QED) is 0.434. The Balaban J connectivity index is 1.46. The molecule has 1 aromatic carbocycles. The number of fused-ring (bicyclic) bond motifs is 2. The van der Waals surface area contributed by atoms with Gasteiger partial charge in [-0.15, -0.1) is 0 Å².